The summed E-state index contributed by atoms with van der Waals surface area (Å²) in [7, 11) is 1.93. The van der Waals surface area contributed by atoms with Gasteiger partial charge in [-0.05, 0) is 24.6 Å². The van der Waals surface area contributed by atoms with Gasteiger partial charge in [0, 0.05) is 13.2 Å². The van der Waals surface area contributed by atoms with Gasteiger partial charge >= 0.3 is 0 Å². The van der Waals surface area contributed by atoms with Crippen LogP contribution in [0.5, 0.6) is 0 Å². The predicted octanol–water partition coefficient (Wildman–Crippen LogP) is 1.71. The van der Waals surface area contributed by atoms with E-state index in [-0.39, 0.29) is 0 Å². The standard InChI is InChI=1S/C13H15N5/c1-9-4-3-5-11-12(9)16-13(14)18(11)8-10-6-7-15-17(10)2/h3-7H,8H2,1-2H3,(H2,14,16). The Morgan fingerprint density at radius 1 is 1.28 bits per heavy atom. The van der Waals surface area contributed by atoms with Gasteiger partial charge in [-0.2, -0.15) is 5.10 Å². The highest BCUT2D eigenvalue weighted by Crippen LogP contribution is 2.21. The molecule has 2 aromatic heterocycles. The normalized spacial score (nSPS) is 11.2. The quantitative estimate of drug-likeness (QED) is 0.743. The van der Waals surface area contributed by atoms with Crippen LogP contribution in [0.3, 0.4) is 0 Å². The Balaban J connectivity index is 2.15. The van der Waals surface area contributed by atoms with E-state index in [2.05, 4.69) is 10.1 Å². The van der Waals surface area contributed by atoms with Crippen molar-refractivity contribution in [3.8, 4) is 0 Å². The van der Waals surface area contributed by atoms with Gasteiger partial charge in [-0.15, -0.1) is 0 Å². The maximum Gasteiger partial charge on any atom is 0.201 e. The van der Waals surface area contributed by atoms with Crippen LogP contribution >= 0.6 is 0 Å². The summed E-state index contributed by atoms with van der Waals surface area (Å²) in [6, 6.07) is 8.10. The summed E-state index contributed by atoms with van der Waals surface area (Å²) in [5.41, 5.74) is 10.3. The molecule has 0 atom stereocenters. The summed E-state index contributed by atoms with van der Waals surface area (Å²) in [5.74, 6) is 0.542. The second-order valence-corrected chi connectivity index (χ2v) is 4.44. The van der Waals surface area contributed by atoms with Crippen molar-refractivity contribution in [3.05, 3.63) is 41.7 Å². The Kier molecular flexibility index (Phi) is 2.33. The molecule has 0 fully saturated rings. The van der Waals surface area contributed by atoms with Crippen LogP contribution in [-0.2, 0) is 13.6 Å². The molecule has 0 saturated heterocycles. The lowest BCUT2D eigenvalue weighted by atomic mass is 10.2. The molecule has 0 radical (unpaired) electrons. The van der Waals surface area contributed by atoms with Crippen molar-refractivity contribution in [1.82, 2.24) is 19.3 Å². The zero-order valence-electron chi connectivity index (χ0n) is 10.5. The van der Waals surface area contributed by atoms with Gasteiger partial charge in [0.25, 0.3) is 0 Å². The van der Waals surface area contributed by atoms with Gasteiger partial charge < -0.3 is 10.3 Å². The third kappa shape index (κ3) is 1.55. The first-order valence-electron chi connectivity index (χ1n) is 5.85. The summed E-state index contributed by atoms with van der Waals surface area (Å²) in [6.45, 7) is 2.73. The fraction of sp³-hybridized carbons (Fsp3) is 0.231. The van der Waals surface area contributed by atoms with Crippen LogP contribution in [0, 0.1) is 6.92 Å². The fourth-order valence-electron chi connectivity index (χ4n) is 2.19. The van der Waals surface area contributed by atoms with E-state index >= 15 is 0 Å². The highest BCUT2D eigenvalue weighted by Gasteiger charge is 2.11. The van der Waals surface area contributed by atoms with E-state index in [0.717, 1.165) is 22.3 Å². The fourth-order valence-corrected chi connectivity index (χ4v) is 2.19. The van der Waals surface area contributed by atoms with Crippen LogP contribution in [-0.4, -0.2) is 19.3 Å². The number of aryl methyl sites for hydroxylation is 2. The van der Waals surface area contributed by atoms with Crippen molar-refractivity contribution in [2.75, 3.05) is 5.73 Å². The number of nitrogen functional groups attached to an aromatic ring is 1. The second-order valence-electron chi connectivity index (χ2n) is 4.44. The van der Waals surface area contributed by atoms with Crippen LogP contribution < -0.4 is 5.73 Å². The summed E-state index contributed by atoms with van der Waals surface area (Å²) in [4.78, 5) is 4.43. The van der Waals surface area contributed by atoms with Crippen LogP contribution in [0.25, 0.3) is 11.0 Å². The SMILES string of the molecule is Cc1cccc2c1nc(N)n2Cc1ccnn1C. The average Bonchev–Trinajstić information content (AvgIpc) is 2.87. The molecule has 3 rings (SSSR count). The minimum atomic E-state index is 0.542. The van der Waals surface area contributed by atoms with E-state index in [0.29, 0.717) is 12.5 Å². The zero-order chi connectivity index (χ0) is 12.7. The van der Waals surface area contributed by atoms with Crippen molar-refractivity contribution < 1.29 is 0 Å². The van der Waals surface area contributed by atoms with E-state index in [1.54, 1.807) is 6.20 Å². The van der Waals surface area contributed by atoms with E-state index in [9.17, 15) is 0 Å². The number of aromatic nitrogens is 4. The van der Waals surface area contributed by atoms with Gasteiger partial charge in [0.2, 0.25) is 5.95 Å². The average molecular weight is 241 g/mol. The third-order valence-corrected chi connectivity index (χ3v) is 3.25. The van der Waals surface area contributed by atoms with Crippen molar-refractivity contribution in [1.29, 1.82) is 0 Å². The minimum Gasteiger partial charge on any atom is -0.369 e. The van der Waals surface area contributed by atoms with Gasteiger partial charge in [0.05, 0.1) is 23.3 Å². The molecule has 0 spiro atoms. The lowest BCUT2D eigenvalue weighted by Gasteiger charge is -2.06. The van der Waals surface area contributed by atoms with Crippen LogP contribution in [0.4, 0.5) is 5.95 Å². The highest BCUT2D eigenvalue weighted by atomic mass is 15.3. The van der Waals surface area contributed by atoms with Gasteiger partial charge in [-0.1, -0.05) is 12.1 Å². The summed E-state index contributed by atoms with van der Waals surface area (Å²) in [6.07, 6.45) is 1.79. The predicted molar refractivity (Wildman–Crippen MR) is 71.2 cm³/mol. The van der Waals surface area contributed by atoms with Gasteiger partial charge in [0.1, 0.15) is 0 Å². The lowest BCUT2D eigenvalue weighted by molar-refractivity contribution is 0.678. The van der Waals surface area contributed by atoms with E-state index < -0.39 is 0 Å². The third-order valence-electron chi connectivity index (χ3n) is 3.25. The molecule has 0 saturated carbocycles. The maximum atomic E-state index is 6.01. The first-order valence-corrected chi connectivity index (χ1v) is 5.85. The van der Waals surface area contributed by atoms with E-state index in [1.807, 2.05) is 47.5 Å². The number of imidazole rings is 1. The summed E-state index contributed by atoms with van der Waals surface area (Å²) >= 11 is 0. The Bertz CT molecular complexity index is 707. The molecular formula is C13H15N5. The number of rotatable bonds is 2. The molecule has 5 nitrogen and oxygen atoms in total. The number of para-hydroxylation sites is 1. The molecule has 92 valence electrons. The topological polar surface area (TPSA) is 61.7 Å². The maximum absolute atomic E-state index is 6.01. The summed E-state index contributed by atoms with van der Waals surface area (Å²) < 4.78 is 3.86. The lowest BCUT2D eigenvalue weighted by Crippen LogP contribution is -2.08. The molecule has 0 aliphatic heterocycles. The summed E-state index contributed by atoms with van der Waals surface area (Å²) in [5, 5.41) is 4.17. The molecule has 3 aromatic rings. The van der Waals surface area contributed by atoms with Crippen molar-refractivity contribution >= 4 is 17.0 Å². The van der Waals surface area contributed by atoms with Gasteiger partial charge in [0.15, 0.2) is 0 Å². The molecule has 0 aliphatic rings. The van der Waals surface area contributed by atoms with Crippen molar-refractivity contribution in [2.24, 2.45) is 7.05 Å². The smallest absolute Gasteiger partial charge is 0.201 e. The Labute approximate surface area is 105 Å². The molecule has 1 aromatic carbocycles. The Hall–Kier alpha value is -2.30. The van der Waals surface area contributed by atoms with Crippen molar-refractivity contribution in [2.45, 2.75) is 13.5 Å². The number of hydrogen-bond donors (Lipinski definition) is 1. The molecule has 0 unspecified atom stereocenters. The molecule has 2 N–H and O–H groups in total. The number of nitrogens with zero attached hydrogens (tertiary/aromatic N) is 4. The zero-order valence-corrected chi connectivity index (χ0v) is 10.5. The second kappa shape index (κ2) is 3.87. The first-order chi connectivity index (χ1) is 8.66. The van der Waals surface area contributed by atoms with Gasteiger partial charge in [-0.3, -0.25) is 4.68 Å². The number of hydrogen-bond acceptors (Lipinski definition) is 3. The number of fused-ring (bicyclic) bond motifs is 1. The Morgan fingerprint density at radius 2 is 2.11 bits per heavy atom. The van der Waals surface area contributed by atoms with E-state index in [1.165, 1.54) is 0 Å². The molecule has 18 heavy (non-hydrogen) atoms. The molecular weight excluding hydrogens is 226 g/mol. The number of anilines is 1. The monoisotopic (exact) mass is 241 g/mol. The molecule has 5 heteroatoms. The number of benzene rings is 1. The first kappa shape index (κ1) is 10.8. The van der Waals surface area contributed by atoms with Gasteiger partial charge in [-0.25, -0.2) is 4.98 Å². The largest absolute Gasteiger partial charge is 0.369 e. The minimum absolute atomic E-state index is 0.542. The van der Waals surface area contributed by atoms with E-state index in [4.69, 9.17) is 5.73 Å². The van der Waals surface area contributed by atoms with Crippen molar-refractivity contribution in [3.63, 3.8) is 0 Å². The molecule has 0 bridgehead atoms. The number of nitrogens with two attached hydrogens (primary N) is 1. The molecule has 2 heterocycles. The highest BCUT2D eigenvalue weighted by molar-refractivity contribution is 5.81. The van der Waals surface area contributed by atoms with Crippen LogP contribution in [0.1, 0.15) is 11.3 Å². The Morgan fingerprint density at radius 3 is 2.83 bits per heavy atom. The molecule has 0 amide bonds. The molecule has 0 aliphatic carbocycles. The van der Waals surface area contributed by atoms with Crippen LogP contribution in [0.2, 0.25) is 0 Å². The van der Waals surface area contributed by atoms with Crippen LogP contribution in [0.15, 0.2) is 30.5 Å².